The van der Waals surface area contributed by atoms with Crippen molar-refractivity contribution < 1.29 is 19.1 Å². The molecule has 2 aromatic rings. The Morgan fingerprint density at radius 1 is 0.654 bits per heavy atom. The van der Waals surface area contributed by atoms with Gasteiger partial charge in [-0.1, -0.05) is 36.4 Å². The largest absolute Gasteiger partial charge is 0.405 e. The molecule has 26 heavy (non-hydrogen) atoms. The third kappa shape index (κ3) is 2.26. The molecule has 0 saturated carbocycles. The monoisotopic (exact) mass is 348 g/mol. The van der Waals surface area contributed by atoms with Gasteiger partial charge in [0, 0.05) is 11.1 Å². The summed E-state index contributed by atoms with van der Waals surface area (Å²) in [7, 11) is 0. The van der Waals surface area contributed by atoms with Crippen molar-refractivity contribution in [3.05, 3.63) is 71.8 Å². The van der Waals surface area contributed by atoms with Crippen LogP contribution < -0.4 is 0 Å². The Bertz CT molecular complexity index is 873. The van der Waals surface area contributed by atoms with E-state index >= 15 is 0 Å². The summed E-state index contributed by atoms with van der Waals surface area (Å²) in [5.41, 5.74) is -1.70. The van der Waals surface area contributed by atoms with E-state index in [4.69, 9.17) is 9.47 Å². The van der Waals surface area contributed by atoms with Gasteiger partial charge in [-0.25, -0.2) is 19.6 Å². The maximum atomic E-state index is 12.6. The van der Waals surface area contributed by atoms with Crippen molar-refractivity contribution in [2.75, 3.05) is 0 Å². The Morgan fingerprint density at radius 3 is 1.35 bits per heavy atom. The fraction of sp³-hybridized carbons (Fsp3) is 0.200. The molecule has 4 rings (SSSR count). The van der Waals surface area contributed by atoms with E-state index in [9.17, 15) is 9.59 Å². The molecule has 0 fully saturated rings. The first-order chi connectivity index (χ1) is 12.4. The van der Waals surface area contributed by atoms with Crippen molar-refractivity contribution in [1.82, 2.24) is 0 Å². The van der Waals surface area contributed by atoms with Crippen LogP contribution >= 0.6 is 0 Å². The normalized spacial score (nSPS) is 27.6. The Hall–Kier alpha value is -3.28. The summed E-state index contributed by atoms with van der Waals surface area (Å²) < 4.78 is 10.7. The lowest BCUT2D eigenvalue weighted by atomic mass is 9.81. The molecule has 0 saturated heterocycles. The molecular weight excluding hydrogens is 332 g/mol. The van der Waals surface area contributed by atoms with Gasteiger partial charge in [-0.3, -0.25) is 0 Å². The molecular formula is C20H16N2O4. The molecule has 0 bridgehead atoms. The van der Waals surface area contributed by atoms with Crippen molar-refractivity contribution in [2.24, 2.45) is 9.98 Å². The molecule has 0 unspecified atom stereocenters. The molecule has 0 spiro atoms. The minimum atomic E-state index is -1.51. The van der Waals surface area contributed by atoms with Crippen molar-refractivity contribution in [2.45, 2.75) is 24.9 Å². The SMILES string of the molecule is C[C@@]1([C@]2(C)N=C(c3ccccc3)OC2=O)N=C(c2ccccc2)OC1=O. The average Bonchev–Trinajstić information content (AvgIpc) is 3.15. The van der Waals surface area contributed by atoms with Crippen LogP contribution in [-0.4, -0.2) is 34.8 Å². The van der Waals surface area contributed by atoms with Gasteiger partial charge in [-0.2, -0.15) is 0 Å². The predicted octanol–water partition coefficient (Wildman–Crippen LogP) is 2.51. The zero-order chi connectivity index (χ0) is 18.4. The van der Waals surface area contributed by atoms with Crippen LogP contribution in [0.2, 0.25) is 0 Å². The van der Waals surface area contributed by atoms with Crippen molar-refractivity contribution in [3.63, 3.8) is 0 Å². The maximum Gasteiger partial charge on any atom is 0.343 e. The summed E-state index contributed by atoms with van der Waals surface area (Å²) >= 11 is 0. The second kappa shape index (κ2) is 5.62. The Kier molecular flexibility index (Phi) is 3.50. The number of hydrogen-bond donors (Lipinski definition) is 0. The minimum Gasteiger partial charge on any atom is -0.405 e. The van der Waals surface area contributed by atoms with E-state index in [-0.39, 0.29) is 11.8 Å². The van der Waals surface area contributed by atoms with Crippen molar-refractivity contribution >= 4 is 23.7 Å². The van der Waals surface area contributed by atoms with Gasteiger partial charge >= 0.3 is 11.9 Å². The third-order valence-electron chi connectivity index (χ3n) is 4.81. The molecule has 2 atom stereocenters. The molecule has 2 aliphatic heterocycles. The number of ether oxygens (including phenoxy) is 2. The quantitative estimate of drug-likeness (QED) is 0.799. The highest BCUT2D eigenvalue weighted by Crippen LogP contribution is 2.40. The molecule has 0 amide bonds. The summed E-state index contributed by atoms with van der Waals surface area (Å²) in [4.78, 5) is 34.2. The van der Waals surface area contributed by atoms with E-state index in [1.807, 2.05) is 36.4 Å². The molecule has 2 heterocycles. The number of nitrogens with zero attached hydrogens (tertiary/aromatic N) is 2. The predicted molar refractivity (Wildman–Crippen MR) is 95.0 cm³/mol. The van der Waals surface area contributed by atoms with E-state index < -0.39 is 23.0 Å². The lowest BCUT2D eigenvalue weighted by molar-refractivity contribution is -0.149. The van der Waals surface area contributed by atoms with E-state index in [2.05, 4.69) is 9.98 Å². The number of cyclic esters (lactones) is 2. The first kappa shape index (κ1) is 16.2. The second-order valence-electron chi connectivity index (χ2n) is 6.49. The van der Waals surface area contributed by atoms with E-state index in [0.29, 0.717) is 11.1 Å². The average molecular weight is 348 g/mol. The number of rotatable bonds is 3. The minimum absolute atomic E-state index is 0.176. The van der Waals surface area contributed by atoms with Crippen LogP contribution in [-0.2, 0) is 19.1 Å². The van der Waals surface area contributed by atoms with Gasteiger partial charge in [0.05, 0.1) is 0 Å². The number of benzene rings is 2. The summed E-state index contributed by atoms with van der Waals surface area (Å²) in [6.45, 7) is 3.09. The van der Waals surface area contributed by atoms with E-state index in [0.717, 1.165) is 0 Å². The molecule has 0 radical (unpaired) electrons. The van der Waals surface area contributed by atoms with Gasteiger partial charge < -0.3 is 9.47 Å². The fourth-order valence-corrected chi connectivity index (χ4v) is 2.94. The van der Waals surface area contributed by atoms with Crippen LogP contribution in [0.3, 0.4) is 0 Å². The number of aliphatic imine (C=N–C) groups is 2. The molecule has 0 N–H and O–H groups in total. The second-order valence-corrected chi connectivity index (χ2v) is 6.49. The Morgan fingerprint density at radius 2 is 1.00 bits per heavy atom. The number of hydrogen-bond acceptors (Lipinski definition) is 6. The first-order valence-corrected chi connectivity index (χ1v) is 8.19. The number of carbonyl (C=O) groups excluding carboxylic acids is 2. The lowest BCUT2D eigenvalue weighted by Crippen LogP contribution is -2.55. The molecule has 130 valence electrons. The van der Waals surface area contributed by atoms with Crippen LogP contribution in [0, 0.1) is 0 Å². The fourth-order valence-electron chi connectivity index (χ4n) is 2.94. The smallest absolute Gasteiger partial charge is 0.343 e. The van der Waals surface area contributed by atoms with Gasteiger partial charge in [0.15, 0.2) is 11.1 Å². The van der Waals surface area contributed by atoms with Gasteiger partial charge in [-0.05, 0) is 38.1 Å². The highest BCUT2D eigenvalue weighted by molar-refractivity contribution is 6.14. The topological polar surface area (TPSA) is 77.3 Å². The third-order valence-corrected chi connectivity index (χ3v) is 4.81. The summed E-state index contributed by atoms with van der Waals surface area (Å²) in [6, 6.07) is 18.1. The zero-order valence-electron chi connectivity index (χ0n) is 14.3. The summed E-state index contributed by atoms with van der Waals surface area (Å²) in [5.74, 6) is -0.909. The summed E-state index contributed by atoms with van der Waals surface area (Å²) in [6.07, 6.45) is 0. The van der Waals surface area contributed by atoms with Gasteiger partial charge in [0.25, 0.3) is 0 Å². The van der Waals surface area contributed by atoms with Gasteiger partial charge in [-0.15, -0.1) is 0 Å². The standard InChI is InChI=1S/C20H16N2O4/c1-19(17(23)25-15(21-19)13-9-5-3-6-10-13)20(2)18(24)26-16(22-20)14-11-7-4-8-12-14/h3-12H,1-2H3/t19-,20-/m1/s1. The van der Waals surface area contributed by atoms with Crippen LogP contribution in [0.15, 0.2) is 70.6 Å². The number of carbonyl (C=O) groups is 2. The highest BCUT2D eigenvalue weighted by atomic mass is 16.6. The van der Waals surface area contributed by atoms with E-state index in [1.165, 1.54) is 0 Å². The van der Waals surface area contributed by atoms with Crippen LogP contribution in [0.4, 0.5) is 0 Å². The van der Waals surface area contributed by atoms with E-state index in [1.54, 1.807) is 38.1 Å². The maximum absolute atomic E-state index is 12.6. The molecule has 2 aromatic carbocycles. The van der Waals surface area contributed by atoms with Crippen molar-refractivity contribution in [3.8, 4) is 0 Å². The van der Waals surface area contributed by atoms with Crippen LogP contribution in [0.5, 0.6) is 0 Å². The highest BCUT2D eigenvalue weighted by Gasteiger charge is 2.63. The molecule has 2 aliphatic rings. The first-order valence-electron chi connectivity index (χ1n) is 8.19. The Balaban J connectivity index is 1.77. The number of esters is 2. The molecule has 6 nitrogen and oxygen atoms in total. The van der Waals surface area contributed by atoms with Crippen LogP contribution in [0.25, 0.3) is 0 Å². The van der Waals surface area contributed by atoms with Gasteiger partial charge in [0.2, 0.25) is 11.8 Å². The lowest BCUT2D eigenvalue weighted by Gasteiger charge is -2.28. The van der Waals surface area contributed by atoms with Crippen molar-refractivity contribution in [1.29, 1.82) is 0 Å². The molecule has 0 aromatic heterocycles. The summed E-state index contributed by atoms with van der Waals surface area (Å²) in [5, 5.41) is 0. The van der Waals surface area contributed by atoms with Gasteiger partial charge in [0.1, 0.15) is 0 Å². The Labute approximate surface area is 150 Å². The molecule has 0 aliphatic carbocycles. The van der Waals surface area contributed by atoms with Crippen LogP contribution in [0.1, 0.15) is 25.0 Å². The zero-order valence-corrected chi connectivity index (χ0v) is 14.3. The molecule has 6 heteroatoms.